The van der Waals surface area contributed by atoms with E-state index in [0.29, 0.717) is 47.5 Å². The molecule has 0 aliphatic carbocycles. The Bertz CT molecular complexity index is 1110. The third kappa shape index (κ3) is 4.50. The molecular weight excluding hydrogens is 413 g/mol. The van der Waals surface area contributed by atoms with Crippen LogP contribution in [0.4, 0.5) is 13.2 Å². The zero-order chi connectivity index (χ0) is 22.7. The van der Waals surface area contributed by atoms with Crippen molar-refractivity contribution in [2.45, 2.75) is 26.6 Å². The second kappa shape index (κ2) is 9.72. The number of allylic oxidation sites excluding steroid dienone is 1. The molecule has 0 atom stereocenters. The van der Waals surface area contributed by atoms with Crippen molar-refractivity contribution >= 4 is 0 Å². The molecule has 2 nitrogen and oxygen atoms in total. The first-order valence-corrected chi connectivity index (χ1v) is 10.7. The van der Waals surface area contributed by atoms with Gasteiger partial charge in [0.1, 0.15) is 5.82 Å². The van der Waals surface area contributed by atoms with Crippen LogP contribution in [0.25, 0.3) is 22.3 Å². The molecule has 1 saturated heterocycles. The van der Waals surface area contributed by atoms with Gasteiger partial charge in [-0.1, -0.05) is 67.6 Å². The molecular formula is C27H25F3O2. The van der Waals surface area contributed by atoms with Gasteiger partial charge in [-0.15, -0.1) is 0 Å². The van der Waals surface area contributed by atoms with Gasteiger partial charge in [0, 0.05) is 22.6 Å². The fraction of sp³-hybridized carbons (Fsp3) is 0.259. The average molecular weight is 438 g/mol. The predicted octanol–water partition coefficient (Wildman–Crippen LogP) is 7.24. The molecule has 1 heterocycles. The summed E-state index contributed by atoms with van der Waals surface area (Å²) in [6.07, 6.45) is 3.82. The van der Waals surface area contributed by atoms with Crippen LogP contribution < -0.4 is 0 Å². The summed E-state index contributed by atoms with van der Waals surface area (Å²) in [5, 5.41) is 0. The van der Waals surface area contributed by atoms with Gasteiger partial charge in [-0.2, -0.15) is 0 Å². The Morgan fingerprint density at radius 2 is 1.47 bits per heavy atom. The van der Waals surface area contributed by atoms with Crippen LogP contribution in [0.1, 0.15) is 31.3 Å². The normalized spacial score (nSPS) is 18.9. The zero-order valence-corrected chi connectivity index (χ0v) is 18.1. The molecule has 4 rings (SSSR count). The summed E-state index contributed by atoms with van der Waals surface area (Å²) in [4.78, 5) is 0. The van der Waals surface area contributed by atoms with E-state index in [1.807, 2.05) is 19.1 Å². The van der Waals surface area contributed by atoms with Crippen LogP contribution in [-0.4, -0.2) is 13.2 Å². The van der Waals surface area contributed by atoms with Crippen molar-refractivity contribution in [3.63, 3.8) is 0 Å². The van der Waals surface area contributed by atoms with Crippen molar-refractivity contribution in [3.8, 4) is 22.3 Å². The average Bonchev–Trinajstić information content (AvgIpc) is 2.82. The number of hydrogen-bond donors (Lipinski definition) is 0. The van der Waals surface area contributed by atoms with Crippen LogP contribution in [0.2, 0.25) is 0 Å². The van der Waals surface area contributed by atoms with Gasteiger partial charge in [0.15, 0.2) is 17.9 Å². The number of hydrogen-bond acceptors (Lipinski definition) is 2. The third-order valence-corrected chi connectivity index (χ3v) is 5.70. The Kier molecular flexibility index (Phi) is 6.77. The van der Waals surface area contributed by atoms with Crippen LogP contribution in [0.5, 0.6) is 0 Å². The highest BCUT2D eigenvalue weighted by Gasteiger charge is 2.23. The highest BCUT2D eigenvalue weighted by atomic mass is 19.2. The van der Waals surface area contributed by atoms with Gasteiger partial charge >= 0.3 is 0 Å². The minimum absolute atomic E-state index is 0.185. The fourth-order valence-electron chi connectivity index (χ4n) is 3.92. The van der Waals surface area contributed by atoms with Crippen LogP contribution in [0.15, 0.2) is 66.7 Å². The second-order valence-electron chi connectivity index (χ2n) is 7.85. The van der Waals surface area contributed by atoms with Gasteiger partial charge in [-0.25, -0.2) is 13.2 Å². The molecule has 0 amide bonds. The van der Waals surface area contributed by atoms with Crippen LogP contribution in [-0.2, 0) is 15.9 Å². The van der Waals surface area contributed by atoms with E-state index in [4.69, 9.17) is 9.47 Å². The lowest BCUT2D eigenvalue weighted by Crippen LogP contribution is -2.25. The number of ether oxygens (including phenoxy) is 2. The Morgan fingerprint density at radius 1 is 0.844 bits per heavy atom. The Balaban J connectivity index is 1.53. The molecule has 3 aromatic carbocycles. The summed E-state index contributed by atoms with van der Waals surface area (Å²) in [7, 11) is 0. The Labute approximate surface area is 186 Å². The molecule has 32 heavy (non-hydrogen) atoms. The zero-order valence-electron chi connectivity index (χ0n) is 18.1. The third-order valence-electron chi connectivity index (χ3n) is 5.70. The van der Waals surface area contributed by atoms with Gasteiger partial charge in [0.05, 0.1) is 13.2 Å². The summed E-state index contributed by atoms with van der Waals surface area (Å²) >= 11 is 0. The van der Waals surface area contributed by atoms with Crippen LogP contribution in [0, 0.1) is 23.4 Å². The van der Waals surface area contributed by atoms with E-state index in [-0.39, 0.29) is 11.5 Å². The lowest BCUT2D eigenvalue weighted by Gasteiger charge is -2.28. The molecule has 0 aromatic heterocycles. The topological polar surface area (TPSA) is 18.5 Å². The maximum atomic E-state index is 14.9. The highest BCUT2D eigenvalue weighted by molar-refractivity contribution is 5.71. The molecule has 0 radical (unpaired) electrons. The molecule has 5 heteroatoms. The van der Waals surface area contributed by atoms with Crippen molar-refractivity contribution in [2.24, 2.45) is 5.92 Å². The lowest BCUT2D eigenvalue weighted by molar-refractivity contribution is -0.197. The monoisotopic (exact) mass is 438 g/mol. The molecule has 0 bridgehead atoms. The minimum atomic E-state index is -0.864. The van der Waals surface area contributed by atoms with E-state index in [2.05, 4.69) is 0 Å². The number of aryl methyl sites for hydroxylation is 1. The van der Waals surface area contributed by atoms with E-state index >= 15 is 0 Å². The standard InChI is InChI=1S/C27H25F3O2/c1-3-5-17-15-31-27(32-16-17)21-11-12-22(24(28)14-21)19-6-8-20(9-7-19)23-13-10-18(4-2)25(29)26(23)30/h3,5-14,17,27H,4,15-16H2,1-2H3. The summed E-state index contributed by atoms with van der Waals surface area (Å²) in [6, 6.07) is 14.8. The first kappa shape index (κ1) is 22.3. The van der Waals surface area contributed by atoms with Crippen molar-refractivity contribution in [1.29, 1.82) is 0 Å². The maximum Gasteiger partial charge on any atom is 0.183 e. The summed E-state index contributed by atoms with van der Waals surface area (Å²) in [5.74, 6) is -1.88. The van der Waals surface area contributed by atoms with Crippen molar-refractivity contribution in [3.05, 3.63) is 95.3 Å². The molecule has 0 N–H and O–H groups in total. The van der Waals surface area contributed by atoms with Gasteiger partial charge in [0.25, 0.3) is 0 Å². The molecule has 166 valence electrons. The van der Waals surface area contributed by atoms with Crippen molar-refractivity contribution < 1.29 is 22.6 Å². The molecule has 0 spiro atoms. The van der Waals surface area contributed by atoms with Crippen LogP contribution >= 0.6 is 0 Å². The molecule has 0 unspecified atom stereocenters. The van der Waals surface area contributed by atoms with E-state index in [0.717, 1.165) is 0 Å². The van der Waals surface area contributed by atoms with Crippen LogP contribution in [0.3, 0.4) is 0 Å². The molecule has 3 aromatic rings. The molecule has 0 saturated carbocycles. The van der Waals surface area contributed by atoms with E-state index < -0.39 is 23.7 Å². The summed E-state index contributed by atoms with van der Waals surface area (Å²) in [5.41, 5.74) is 2.73. The predicted molar refractivity (Wildman–Crippen MR) is 120 cm³/mol. The van der Waals surface area contributed by atoms with E-state index in [1.54, 1.807) is 55.5 Å². The smallest absolute Gasteiger partial charge is 0.183 e. The van der Waals surface area contributed by atoms with Gasteiger partial charge in [-0.05, 0) is 36.1 Å². The summed E-state index contributed by atoms with van der Waals surface area (Å²) < 4.78 is 54.9. The SMILES string of the molecule is CC=CC1COC(c2ccc(-c3ccc(-c4ccc(CC)c(F)c4F)cc3)c(F)c2)OC1. The summed E-state index contributed by atoms with van der Waals surface area (Å²) in [6.45, 7) is 4.77. The first-order chi connectivity index (χ1) is 15.5. The Morgan fingerprint density at radius 3 is 2.06 bits per heavy atom. The van der Waals surface area contributed by atoms with E-state index in [1.165, 1.54) is 6.07 Å². The fourth-order valence-corrected chi connectivity index (χ4v) is 3.92. The van der Waals surface area contributed by atoms with E-state index in [9.17, 15) is 13.2 Å². The number of rotatable bonds is 5. The second-order valence-corrected chi connectivity index (χ2v) is 7.85. The Hall–Kier alpha value is -2.89. The molecule has 1 fully saturated rings. The lowest BCUT2D eigenvalue weighted by atomic mass is 9.97. The minimum Gasteiger partial charge on any atom is -0.348 e. The highest BCUT2D eigenvalue weighted by Crippen LogP contribution is 2.32. The molecule has 1 aliphatic heterocycles. The number of benzene rings is 3. The van der Waals surface area contributed by atoms with Gasteiger partial charge in [0.2, 0.25) is 0 Å². The number of halogens is 3. The van der Waals surface area contributed by atoms with Gasteiger partial charge in [-0.3, -0.25) is 0 Å². The molecule has 1 aliphatic rings. The quantitative estimate of drug-likeness (QED) is 0.391. The first-order valence-electron chi connectivity index (χ1n) is 10.7. The largest absolute Gasteiger partial charge is 0.348 e. The maximum absolute atomic E-state index is 14.9. The van der Waals surface area contributed by atoms with Crippen molar-refractivity contribution in [2.75, 3.05) is 13.2 Å². The van der Waals surface area contributed by atoms with Gasteiger partial charge < -0.3 is 9.47 Å². The van der Waals surface area contributed by atoms with Crippen molar-refractivity contribution in [1.82, 2.24) is 0 Å².